The minimum absolute atomic E-state index is 0. The topological polar surface area (TPSA) is 29.3 Å². The van der Waals surface area contributed by atoms with E-state index in [1.807, 2.05) is 36.4 Å². The summed E-state index contributed by atoms with van der Waals surface area (Å²) >= 11 is 0. The third-order valence-electron chi connectivity index (χ3n) is 4.96. The van der Waals surface area contributed by atoms with Crippen LogP contribution in [-0.2, 0) is 13.1 Å². The molecule has 2 N–H and O–H groups in total. The molecule has 0 spiro atoms. The molecule has 0 amide bonds. The molecule has 2 aromatic rings. The molecule has 2 saturated carbocycles. The summed E-state index contributed by atoms with van der Waals surface area (Å²) in [5, 5.41) is 0. The summed E-state index contributed by atoms with van der Waals surface area (Å²) in [6.45, 7) is 2.37. The number of hydrogen-bond acceptors (Lipinski definition) is 2. The molecule has 5 heteroatoms. The Balaban J connectivity index is 0.000000320. The van der Waals surface area contributed by atoms with Crippen molar-refractivity contribution in [2.24, 2.45) is 5.73 Å². The molecule has 0 radical (unpaired) electrons. The highest BCUT2D eigenvalue weighted by atomic mass is 35.5. The monoisotopic (exact) mass is 394 g/mol. The Morgan fingerprint density at radius 3 is 1.44 bits per heavy atom. The Hall–Kier alpha value is -1.49. The highest BCUT2D eigenvalue weighted by molar-refractivity contribution is 5.85. The predicted molar refractivity (Wildman–Crippen MR) is 109 cm³/mol. The standard InChI is InChI=1S/C18H20FN.C4H8FN.ClH/c19-18(11-12-18)15-20(13-16-7-3-1-4-8-16)14-17-9-5-2-6-10-17;5-4(3-6)1-2-4;/h1-10H,11-15H2;1-3,6H2;1H. The van der Waals surface area contributed by atoms with Gasteiger partial charge in [-0.2, -0.15) is 0 Å². The number of nitrogens with two attached hydrogens (primary N) is 1. The van der Waals surface area contributed by atoms with Gasteiger partial charge in [-0.25, -0.2) is 8.78 Å². The molecule has 4 rings (SSSR count). The van der Waals surface area contributed by atoms with Crippen LogP contribution in [0.5, 0.6) is 0 Å². The first-order valence-corrected chi connectivity index (χ1v) is 9.38. The largest absolute Gasteiger partial charge is 0.328 e. The van der Waals surface area contributed by atoms with Crippen molar-refractivity contribution in [1.29, 1.82) is 0 Å². The van der Waals surface area contributed by atoms with E-state index in [9.17, 15) is 8.78 Å². The van der Waals surface area contributed by atoms with Crippen molar-refractivity contribution in [2.75, 3.05) is 13.1 Å². The summed E-state index contributed by atoms with van der Waals surface area (Å²) in [6.07, 6.45) is 2.80. The molecule has 0 bridgehead atoms. The van der Waals surface area contributed by atoms with Gasteiger partial charge >= 0.3 is 0 Å². The van der Waals surface area contributed by atoms with Gasteiger partial charge in [0, 0.05) is 26.2 Å². The lowest BCUT2D eigenvalue weighted by molar-refractivity contribution is 0.163. The van der Waals surface area contributed by atoms with Gasteiger partial charge in [-0.3, -0.25) is 4.90 Å². The van der Waals surface area contributed by atoms with Gasteiger partial charge in [-0.1, -0.05) is 60.7 Å². The van der Waals surface area contributed by atoms with Crippen LogP contribution in [0.3, 0.4) is 0 Å². The van der Waals surface area contributed by atoms with Crippen LogP contribution in [0.15, 0.2) is 60.7 Å². The Morgan fingerprint density at radius 1 is 0.741 bits per heavy atom. The third kappa shape index (κ3) is 7.57. The van der Waals surface area contributed by atoms with Crippen molar-refractivity contribution in [2.45, 2.75) is 50.1 Å². The zero-order chi connectivity index (χ0) is 18.5. The van der Waals surface area contributed by atoms with Gasteiger partial charge in [0.15, 0.2) is 0 Å². The molecule has 148 valence electrons. The quantitative estimate of drug-likeness (QED) is 0.711. The van der Waals surface area contributed by atoms with Crippen LogP contribution < -0.4 is 5.73 Å². The summed E-state index contributed by atoms with van der Waals surface area (Å²) in [4.78, 5) is 2.22. The zero-order valence-corrected chi connectivity index (χ0v) is 16.4. The highest BCUT2D eigenvalue weighted by Crippen LogP contribution is 2.41. The molecule has 2 aliphatic carbocycles. The minimum Gasteiger partial charge on any atom is -0.328 e. The lowest BCUT2D eigenvalue weighted by atomic mass is 10.1. The van der Waals surface area contributed by atoms with E-state index in [1.54, 1.807) is 0 Å². The smallest absolute Gasteiger partial charge is 0.123 e. The number of rotatable bonds is 7. The summed E-state index contributed by atoms with van der Waals surface area (Å²) in [5.74, 6) is 0. The van der Waals surface area contributed by atoms with E-state index in [2.05, 4.69) is 29.2 Å². The second kappa shape index (κ2) is 9.63. The van der Waals surface area contributed by atoms with E-state index in [-0.39, 0.29) is 19.0 Å². The van der Waals surface area contributed by atoms with Crippen LogP contribution >= 0.6 is 12.4 Å². The number of halogens is 3. The Bertz CT molecular complexity index is 632. The maximum atomic E-state index is 14.1. The van der Waals surface area contributed by atoms with Gasteiger partial charge in [0.2, 0.25) is 0 Å². The number of benzene rings is 2. The van der Waals surface area contributed by atoms with Gasteiger partial charge < -0.3 is 5.73 Å². The summed E-state index contributed by atoms with van der Waals surface area (Å²) in [5.41, 5.74) is 5.61. The molecule has 27 heavy (non-hydrogen) atoms. The first-order valence-electron chi connectivity index (χ1n) is 9.38. The lowest BCUT2D eigenvalue weighted by Crippen LogP contribution is -2.30. The molecule has 0 atom stereocenters. The SMILES string of the molecule is Cl.FC1(CN(Cc2ccccc2)Cc2ccccc2)CC1.NCC1(F)CC1. The summed E-state index contributed by atoms with van der Waals surface area (Å²) < 4.78 is 26.2. The lowest BCUT2D eigenvalue weighted by Gasteiger charge is -2.24. The zero-order valence-electron chi connectivity index (χ0n) is 15.6. The van der Waals surface area contributed by atoms with Crippen LogP contribution in [0.2, 0.25) is 0 Å². The van der Waals surface area contributed by atoms with Crippen molar-refractivity contribution < 1.29 is 8.78 Å². The highest BCUT2D eigenvalue weighted by Gasteiger charge is 2.44. The molecule has 0 saturated heterocycles. The van der Waals surface area contributed by atoms with Crippen LogP contribution in [-0.4, -0.2) is 29.3 Å². The fourth-order valence-electron chi connectivity index (χ4n) is 2.89. The molecule has 2 aromatic carbocycles. The van der Waals surface area contributed by atoms with Crippen molar-refractivity contribution in [3.63, 3.8) is 0 Å². The van der Waals surface area contributed by atoms with E-state index in [1.165, 1.54) is 11.1 Å². The van der Waals surface area contributed by atoms with Crippen molar-refractivity contribution in [3.8, 4) is 0 Å². The summed E-state index contributed by atoms with van der Waals surface area (Å²) in [7, 11) is 0. The second-order valence-corrected chi connectivity index (χ2v) is 7.62. The summed E-state index contributed by atoms with van der Waals surface area (Å²) in [6, 6.07) is 20.6. The maximum Gasteiger partial charge on any atom is 0.123 e. The molecular formula is C22H29ClF2N2. The van der Waals surface area contributed by atoms with Gasteiger partial charge in [0.05, 0.1) is 0 Å². The molecular weight excluding hydrogens is 366 g/mol. The van der Waals surface area contributed by atoms with Crippen LogP contribution in [0.1, 0.15) is 36.8 Å². The second-order valence-electron chi connectivity index (χ2n) is 7.62. The molecule has 0 unspecified atom stereocenters. The molecule has 2 nitrogen and oxygen atoms in total. The van der Waals surface area contributed by atoms with E-state index in [4.69, 9.17) is 5.73 Å². The number of hydrogen-bond donors (Lipinski definition) is 1. The van der Waals surface area contributed by atoms with Gasteiger partial charge in [-0.05, 0) is 36.8 Å². The Morgan fingerprint density at radius 2 is 1.15 bits per heavy atom. The Labute approximate surface area is 167 Å². The first kappa shape index (κ1) is 21.8. The fourth-order valence-corrected chi connectivity index (χ4v) is 2.89. The fraction of sp³-hybridized carbons (Fsp3) is 0.455. The molecule has 2 aliphatic rings. The maximum absolute atomic E-state index is 14.1. The van der Waals surface area contributed by atoms with Crippen LogP contribution in [0.25, 0.3) is 0 Å². The first-order chi connectivity index (χ1) is 12.5. The van der Waals surface area contributed by atoms with Crippen molar-refractivity contribution >= 4 is 12.4 Å². The van der Waals surface area contributed by atoms with Gasteiger partial charge in [-0.15, -0.1) is 12.4 Å². The molecule has 0 aliphatic heterocycles. The molecule has 0 aromatic heterocycles. The minimum atomic E-state index is -0.941. The van der Waals surface area contributed by atoms with E-state index < -0.39 is 11.3 Å². The third-order valence-corrected chi connectivity index (χ3v) is 4.96. The molecule has 0 heterocycles. The number of nitrogens with zero attached hydrogens (tertiary/aromatic N) is 1. The van der Waals surface area contributed by atoms with Gasteiger partial charge in [0.1, 0.15) is 11.3 Å². The van der Waals surface area contributed by atoms with Crippen LogP contribution in [0.4, 0.5) is 8.78 Å². The van der Waals surface area contributed by atoms with E-state index in [0.717, 1.165) is 13.1 Å². The number of alkyl halides is 2. The van der Waals surface area contributed by atoms with Crippen molar-refractivity contribution in [3.05, 3.63) is 71.8 Å². The molecule has 2 fully saturated rings. The normalized spacial score (nSPS) is 18.1. The average Bonchev–Trinajstić information content (AvgIpc) is 3.57. The van der Waals surface area contributed by atoms with Gasteiger partial charge in [0.25, 0.3) is 0 Å². The van der Waals surface area contributed by atoms with Crippen molar-refractivity contribution in [1.82, 2.24) is 4.90 Å². The van der Waals surface area contributed by atoms with Crippen LogP contribution in [0, 0.1) is 0 Å². The van der Waals surface area contributed by atoms with E-state index in [0.29, 0.717) is 32.2 Å². The average molecular weight is 395 g/mol. The Kier molecular flexibility index (Phi) is 7.78. The van der Waals surface area contributed by atoms with E-state index >= 15 is 0 Å². The predicted octanol–water partition coefficient (Wildman–Crippen LogP) is 5.06.